The normalized spacial score (nSPS) is 12.0. The summed E-state index contributed by atoms with van der Waals surface area (Å²) in [5.74, 6) is 1.52. The molecule has 3 heterocycles. The van der Waals surface area contributed by atoms with Gasteiger partial charge in [0.05, 0.1) is 11.7 Å². The maximum atomic E-state index is 4.75. The molecule has 0 aliphatic rings. The van der Waals surface area contributed by atoms with E-state index < -0.39 is 0 Å². The number of imidazole rings is 1. The molecule has 3 aromatic heterocycles. The van der Waals surface area contributed by atoms with Gasteiger partial charge in [0.2, 0.25) is 0 Å². The van der Waals surface area contributed by atoms with Crippen LogP contribution in [0.1, 0.15) is 18.0 Å². The van der Waals surface area contributed by atoms with Crippen LogP contribution in [0.4, 0.5) is 5.82 Å². The first-order valence-electron chi connectivity index (χ1n) is 7.87. The molecular weight excluding hydrogens is 332 g/mol. The largest absolute Gasteiger partial charge is 0.361 e. The molecule has 0 saturated heterocycles. The van der Waals surface area contributed by atoms with E-state index in [0.29, 0.717) is 0 Å². The van der Waals surface area contributed by atoms with Gasteiger partial charge in [-0.15, -0.1) is 11.3 Å². The van der Waals surface area contributed by atoms with Crippen LogP contribution >= 0.6 is 11.3 Å². The minimum atomic E-state index is 0.0491. The minimum Gasteiger partial charge on any atom is -0.361 e. The molecule has 0 fully saturated rings. The fraction of sp³-hybridized carbons (Fsp3) is 0.111. The third-order valence-electron chi connectivity index (χ3n) is 3.75. The second-order valence-corrected chi connectivity index (χ2v) is 6.42. The molecule has 0 amide bonds. The van der Waals surface area contributed by atoms with Crippen molar-refractivity contribution in [2.75, 3.05) is 5.32 Å². The molecule has 4 aromatic rings. The van der Waals surface area contributed by atoms with Gasteiger partial charge < -0.3 is 5.32 Å². The molecule has 1 N–H and O–H groups in total. The van der Waals surface area contributed by atoms with Crippen molar-refractivity contribution in [2.24, 2.45) is 0 Å². The lowest BCUT2D eigenvalue weighted by atomic mass is 10.2. The second-order valence-electron chi connectivity index (χ2n) is 5.53. The summed E-state index contributed by atoms with van der Waals surface area (Å²) in [6.07, 6.45) is 6.82. The lowest BCUT2D eigenvalue weighted by Gasteiger charge is -2.12. The number of aromatic nitrogens is 5. The Morgan fingerprint density at radius 2 is 2.04 bits per heavy atom. The number of hydrogen-bond acceptors (Lipinski definition) is 6. The predicted molar refractivity (Wildman–Crippen MR) is 98.7 cm³/mol. The molecule has 0 spiro atoms. The molecule has 6 nitrogen and oxygen atoms in total. The standard InChI is InChI=1S/C18H16N6S/c1-13(18-23-15(10-25-18)14-5-3-2-4-6-14)22-16-9-17(21-11-20-16)24-8-7-19-12-24/h2-13H,1H3,(H,20,21,22). The number of anilines is 1. The van der Waals surface area contributed by atoms with Crippen LogP contribution in [0.3, 0.4) is 0 Å². The molecule has 7 heteroatoms. The molecule has 1 atom stereocenters. The maximum absolute atomic E-state index is 4.75. The Labute approximate surface area is 149 Å². The predicted octanol–water partition coefficient (Wildman–Crippen LogP) is 3.96. The van der Waals surface area contributed by atoms with Crippen molar-refractivity contribution in [3.63, 3.8) is 0 Å². The molecule has 0 aliphatic heterocycles. The van der Waals surface area contributed by atoms with E-state index in [4.69, 9.17) is 4.98 Å². The molecule has 0 saturated carbocycles. The van der Waals surface area contributed by atoms with Crippen LogP contribution in [-0.2, 0) is 0 Å². The van der Waals surface area contributed by atoms with Crippen molar-refractivity contribution in [3.8, 4) is 17.1 Å². The highest BCUT2D eigenvalue weighted by Gasteiger charge is 2.12. The highest BCUT2D eigenvalue weighted by atomic mass is 32.1. The monoisotopic (exact) mass is 348 g/mol. The van der Waals surface area contributed by atoms with E-state index in [1.165, 1.54) is 0 Å². The van der Waals surface area contributed by atoms with E-state index >= 15 is 0 Å². The first kappa shape index (κ1) is 15.5. The van der Waals surface area contributed by atoms with Gasteiger partial charge in [-0.05, 0) is 6.92 Å². The van der Waals surface area contributed by atoms with E-state index in [-0.39, 0.29) is 6.04 Å². The Morgan fingerprint density at radius 3 is 2.84 bits per heavy atom. The molecule has 25 heavy (non-hydrogen) atoms. The van der Waals surface area contributed by atoms with Gasteiger partial charge in [0.15, 0.2) is 0 Å². The highest BCUT2D eigenvalue weighted by Crippen LogP contribution is 2.27. The Kier molecular flexibility index (Phi) is 4.22. The van der Waals surface area contributed by atoms with E-state index in [9.17, 15) is 0 Å². The summed E-state index contributed by atoms with van der Waals surface area (Å²) in [7, 11) is 0. The van der Waals surface area contributed by atoms with Crippen molar-refractivity contribution in [1.82, 2.24) is 24.5 Å². The first-order valence-corrected chi connectivity index (χ1v) is 8.75. The average Bonchev–Trinajstić information content (AvgIpc) is 3.35. The van der Waals surface area contributed by atoms with Gasteiger partial charge in [-0.1, -0.05) is 30.3 Å². The van der Waals surface area contributed by atoms with E-state index in [1.807, 2.05) is 35.0 Å². The van der Waals surface area contributed by atoms with Crippen LogP contribution < -0.4 is 5.32 Å². The van der Waals surface area contributed by atoms with Gasteiger partial charge in [0.25, 0.3) is 0 Å². The van der Waals surface area contributed by atoms with E-state index in [0.717, 1.165) is 27.9 Å². The first-order chi connectivity index (χ1) is 12.3. The summed E-state index contributed by atoms with van der Waals surface area (Å²) < 4.78 is 1.84. The molecule has 4 rings (SSSR count). The number of benzene rings is 1. The van der Waals surface area contributed by atoms with Crippen molar-refractivity contribution < 1.29 is 0 Å². The van der Waals surface area contributed by atoms with Gasteiger partial charge in [0.1, 0.15) is 29.3 Å². The lowest BCUT2D eigenvalue weighted by molar-refractivity contribution is 0.855. The summed E-state index contributed by atoms with van der Waals surface area (Å²) in [4.78, 5) is 17.4. The molecule has 0 bridgehead atoms. The Balaban J connectivity index is 1.52. The Bertz CT molecular complexity index is 949. The van der Waals surface area contributed by atoms with Crippen molar-refractivity contribution >= 4 is 17.2 Å². The molecule has 1 unspecified atom stereocenters. The SMILES string of the molecule is CC(Nc1cc(-n2ccnc2)ncn1)c1nc(-c2ccccc2)cs1. The van der Waals surface area contributed by atoms with Crippen LogP contribution in [0.2, 0.25) is 0 Å². The van der Waals surface area contributed by atoms with Crippen molar-refractivity contribution in [3.05, 3.63) is 71.8 Å². The van der Waals surface area contributed by atoms with Gasteiger partial charge in [-0.3, -0.25) is 4.57 Å². The van der Waals surface area contributed by atoms with Crippen LogP contribution in [0, 0.1) is 0 Å². The molecule has 124 valence electrons. The van der Waals surface area contributed by atoms with Gasteiger partial charge in [-0.2, -0.15) is 0 Å². The van der Waals surface area contributed by atoms with Gasteiger partial charge >= 0.3 is 0 Å². The zero-order chi connectivity index (χ0) is 17.1. The smallest absolute Gasteiger partial charge is 0.143 e. The number of thiazole rings is 1. The summed E-state index contributed by atoms with van der Waals surface area (Å²) in [6, 6.07) is 12.1. The van der Waals surface area contributed by atoms with Crippen LogP contribution in [0.15, 0.2) is 66.8 Å². The quantitative estimate of drug-likeness (QED) is 0.591. The van der Waals surface area contributed by atoms with Crippen LogP contribution in [-0.4, -0.2) is 24.5 Å². The lowest BCUT2D eigenvalue weighted by Crippen LogP contribution is -2.08. The van der Waals surface area contributed by atoms with E-state index in [2.05, 4.69) is 44.7 Å². The van der Waals surface area contributed by atoms with Crippen LogP contribution in [0.5, 0.6) is 0 Å². The minimum absolute atomic E-state index is 0.0491. The molecular formula is C18H16N6S. The number of rotatable bonds is 5. The summed E-state index contributed by atoms with van der Waals surface area (Å²) in [6.45, 7) is 2.08. The zero-order valence-electron chi connectivity index (χ0n) is 13.6. The number of nitrogens with zero attached hydrogens (tertiary/aromatic N) is 5. The Morgan fingerprint density at radius 1 is 1.16 bits per heavy atom. The topological polar surface area (TPSA) is 68.5 Å². The van der Waals surface area contributed by atoms with Gasteiger partial charge in [0, 0.05) is 29.4 Å². The van der Waals surface area contributed by atoms with Gasteiger partial charge in [-0.25, -0.2) is 19.9 Å². The fourth-order valence-corrected chi connectivity index (χ4v) is 3.31. The van der Waals surface area contributed by atoms with Crippen molar-refractivity contribution in [2.45, 2.75) is 13.0 Å². The second kappa shape index (κ2) is 6.82. The Hall–Kier alpha value is -3.06. The molecule has 0 aliphatic carbocycles. The third-order valence-corrected chi connectivity index (χ3v) is 4.78. The summed E-state index contributed by atoms with van der Waals surface area (Å²) in [5, 5.41) is 6.49. The number of nitrogens with one attached hydrogen (secondary N) is 1. The fourth-order valence-electron chi connectivity index (χ4n) is 2.47. The number of hydrogen-bond donors (Lipinski definition) is 1. The molecule has 1 aromatic carbocycles. The summed E-state index contributed by atoms with van der Waals surface area (Å²) >= 11 is 1.64. The zero-order valence-corrected chi connectivity index (χ0v) is 14.4. The highest BCUT2D eigenvalue weighted by molar-refractivity contribution is 7.10. The average molecular weight is 348 g/mol. The third kappa shape index (κ3) is 3.41. The summed E-state index contributed by atoms with van der Waals surface area (Å²) in [5.41, 5.74) is 2.12. The van der Waals surface area contributed by atoms with Crippen molar-refractivity contribution in [1.29, 1.82) is 0 Å². The van der Waals surface area contributed by atoms with Crippen LogP contribution in [0.25, 0.3) is 17.1 Å². The van der Waals surface area contributed by atoms with E-state index in [1.54, 1.807) is 30.2 Å². The maximum Gasteiger partial charge on any atom is 0.143 e. The molecule has 0 radical (unpaired) electrons.